The molecule has 0 spiro atoms. The van der Waals surface area contributed by atoms with Gasteiger partial charge in [0, 0.05) is 0 Å². The number of nitrogens with two attached hydrogens (primary N) is 1. The van der Waals surface area contributed by atoms with Crippen molar-refractivity contribution in [2.24, 2.45) is 0 Å². The Balaban J connectivity index is 2.81. The molecule has 2 aromatic heterocycles. The van der Waals surface area contributed by atoms with E-state index in [1.165, 1.54) is 6.33 Å². The summed E-state index contributed by atoms with van der Waals surface area (Å²) in [6.07, 6.45) is 1.47. The SMILES string of the molecule is Nc1nc(C#P=O)nc2nc[nH]c12. The molecule has 0 aliphatic rings. The van der Waals surface area contributed by atoms with E-state index in [0.717, 1.165) is 0 Å². The molecule has 2 rings (SSSR count). The van der Waals surface area contributed by atoms with Crippen LogP contribution in [-0.2, 0) is 4.57 Å². The number of aromatic amines is 1. The summed E-state index contributed by atoms with van der Waals surface area (Å²) < 4.78 is 10.2. The van der Waals surface area contributed by atoms with E-state index in [-0.39, 0.29) is 19.6 Å². The first-order valence-electron chi connectivity index (χ1n) is 3.36. The molecular formula is C6H4N5OP. The van der Waals surface area contributed by atoms with Crippen LogP contribution in [0.3, 0.4) is 0 Å². The van der Waals surface area contributed by atoms with Crippen molar-refractivity contribution in [3.63, 3.8) is 0 Å². The maximum absolute atomic E-state index is 10.2. The number of hydrogen-bond acceptors (Lipinski definition) is 5. The molecule has 64 valence electrons. The Bertz CT molecular complexity index is 556. The molecule has 6 nitrogen and oxygen atoms in total. The van der Waals surface area contributed by atoms with Crippen molar-refractivity contribution in [3.8, 4) is 5.63 Å². The number of nitrogens with one attached hydrogen (secondary N) is 1. The fourth-order valence-corrected chi connectivity index (χ4v) is 1.13. The van der Waals surface area contributed by atoms with Crippen molar-refractivity contribution in [1.82, 2.24) is 19.9 Å². The van der Waals surface area contributed by atoms with Crippen LogP contribution < -0.4 is 5.73 Å². The van der Waals surface area contributed by atoms with Crippen LogP contribution in [0.5, 0.6) is 0 Å². The predicted octanol–water partition coefficient (Wildman–Crippen LogP) is 0.534. The van der Waals surface area contributed by atoms with Crippen LogP contribution >= 0.6 is 7.92 Å². The fourth-order valence-electron chi connectivity index (χ4n) is 0.946. The summed E-state index contributed by atoms with van der Waals surface area (Å²) >= 11 is 0. The van der Waals surface area contributed by atoms with Crippen molar-refractivity contribution >= 4 is 24.9 Å². The average molecular weight is 193 g/mol. The molecular weight excluding hydrogens is 189 g/mol. The van der Waals surface area contributed by atoms with E-state index in [1.807, 2.05) is 0 Å². The van der Waals surface area contributed by atoms with E-state index in [9.17, 15) is 4.57 Å². The van der Waals surface area contributed by atoms with E-state index in [2.05, 4.69) is 25.6 Å². The molecule has 7 heteroatoms. The van der Waals surface area contributed by atoms with Crippen molar-refractivity contribution in [2.45, 2.75) is 0 Å². The summed E-state index contributed by atoms with van der Waals surface area (Å²) in [4.78, 5) is 14.5. The molecule has 0 fully saturated rings. The van der Waals surface area contributed by atoms with Gasteiger partial charge in [-0.05, 0) is 0 Å². The first-order valence-corrected chi connectivity index (χ1v) is 4.17. The summed E-state index contributed by atoms with van der Waals surface area (Å²) in [5.41, 5.74) is 8.98. The number of fused-ring (bicyclic) bond motifs is 1. The molecule has 0 atom stereocenters. The zero-order chi connectivity index (χ0) is 9.26. The summed E-state index contributed by atoms with van der Waals surface area (Å²) in [5.74, 6) is 0.461. The Hall–Kier alpha value is -1.64. The van der Waals surface area contributed by atoms with Gasteiger partial charge in [-0.25, -0.2) is 0 Å². The first-order chi connectivity index (χ1) is 6.31. The fraction of sp³-hybridized carbons (Fsp3) is 0. The number of hydrogen-bond donors (Lipinski definition) is 2. The van der Waals surface area contributed by atoms with E-state index >= 15 is 0 Å². The number of nitrogens with zero attached hydrogens (tertiary/aromatic N) is 3. The number of rotatable bonds is 0. The maximum atomic E-state index is 10.2. The standard InChI is InChI=1S/C6H4N5OP/c7-5-4-6(9-2-8-4)11-3(10-5)1-13-12/h2H,(H3,7,8,9,10,11). The average Bonchev–Trinajstić information content (AvgIpc) is 2.53. The van der Waals surface area contributed by atoms with Crippen molar-refractivity contribution < 1.29 is 4.57 Å². The summed E-state index contributed by atoms with van der Waals surface area (Å²) in [6, 6.07) is 0. The van der Waals surface area contributed by atoms with E-state index in [0.29, 0.717) is 11.2 Å². The van der Waals surface area contributed by atoms with Crippen LogP contribution in [-0.4, -0.2) is 19.9 Å². The minimum atomic E-state index is -0.275. The molecule has 0 aromatic carbocycles. The molecule has 0 aliphatic carbocycles. The summed E-state index contributed by atoms with van der Waals surface area (Å²) in [6.45, 7) is 0. The molecule has 13 heavy (non-hydrogen) atoms. The predicted molar refractivity (Wildman–Crippen MR) is 46.7 cm³/mol. The Morgan fingerprint density at radius 3 is 3.15 bits per heavy atom. The third kappa shape index (κ3) is 1.33. The molecule has 0 radical (unpaired) electrons. The normalized spacial score (nSPS) is 9.85. The molecule has 2 heterocycles. The molecule has 3 N–H and O–H groups in total. The summed E-state index contributed by atoms with van der Waals surface area (Å²) in [5, 5.41) is 0. The van der Waals surface area contributed by atoms with Crippen LogP contribution in [0.2, 0.25) is 0 Å². The topological polar surface area (TPSA) is 97.6 Å². The second-order valence-corrected chi connectivity index (χ2v) is 2.64. The summed E-state index contributed by atoms with van der Waals surface area (Å²) in [7, 11) is -0.275. The Morgan fingerprint density at radius 2 is 2.38 bits per heavy atom. The Morgan fingerprint density at radius 1 is 1.54 bits per heavy atom. The van der Waals surface area contributed by atoms with Gasteiger partial charge in [0.25, 0.3) is 0 Å². The molecule has 0 unspecified atom stereocenters. The van der Waals surface area contributed by atoms with Crippen molar-refractivity contribution in [1.29, 1.82) is 0 Å². The number of aromatic nitrogens is 4. The van der Waals surface area contributed by atoms with Crippen LogP contribution in [0, 0.1) is 5.63 Å². The van der Waals surface area contributed by atoms with Gasteiger partial charge in [0.15, 0.2) is 0 Å². The number of imidazole rings is 1. The molecule has 0 amide bonds. The zero-order valence-corrected chi connectivity index (χ0v) is 7.25. The molecule has 0 saturated carbocycles. The van der Waals surface area contributed by atoms with Crippen LogP contribution in [0.15, 0.2) is 6.33 Å². The van der Waals surface area contributed by atoms with Gasteiger partial charge in [-0.2, -0.15) is 0 Å². The molecule has 0 saturated heterocycles. The van der Waals surface area contributed by atoms with E-state index in [1.54, 1.807) is 0 Å². The number of H-pyrrole nitrogens is 1. The van der Waals surface area contributed by atoms with Crippen molar-refractivity contribution in [2.75, 3.05) is 5.73 Å². The van der Waals surface area contributed by atoms with Crippen LogP contribution in [0.25, 0.3) is 11.2 Å². The van der Waals surface area contributed by atoms with Gasteiger partial charge in [-0.1, -0.05) is 0 Å². The van der Waals surface area contributed by atoms with Gasteiger partial charge in [-0.3, -0.25) is 0 Å². The van der Waals surface area contributed by atoms with Crippen LogP contribution in [0.1, 0.15) is 5.82 Å². The Kier molecular flexibility index (Phi) is 1.85. The van der Waals surface area contributed by atoms with Crippen molar-refractivity contribution in [3.05, 3.63) is 12.2 Å². The third-order valence-corrected chi connectivity index (χ3v) is 1.75. The van der Waals surface area contributed by atoms with Gasteiger partial charge >= 0.3 is 72.9 Å². The molecule has 2 aromatic rings. The van der Waals surface area contributed by atoms with E-state index in [4.69, 9.17) is 5.73 Å². The van der Waals surface area contributed by atoms with Crippen LogP contribution in [0.4, 0.5) is 5.82 Å². The number of nitrogen functional groups attached to an aromatic ring is 1. The second kappa shape index (κ2) is 3.01. The molecule has 0 aliphatic heterocycles. The monoisotopic (exact) mass is 193 g/mol. The third-order valence-electron chi connectivity index (χ3n) is 1.46. The van der Waals surface area contributed by atoms with Gasteiger partial charge in [0.2, 0.25) is 0 Å². The Labute approximate surface area is 73.7 Å². The molecule has 0 bridgehead atoms. The first kappa shape index (κ1) is 7.98. The minimum absolute atomic E-state index is 0.189. The van der Waals surface area contributed by atoms with Gasteiger partial charge in [-0.15, -0.1) is 0 Å². The van der Waals surface area contributed by atoms with Gasteiger partial charge in [0.1, 0.15) is 0 Å². The number of anilines is 1. The quantitative estimate of drug-likeness (QED) is 0.595. The zero-order valence-electron chi connectivity index (χ0n) is 6.35. The van der Waals surface area contributed by atoms with Gasteiger partial charge in [0.05, 0.1) is 0 Å². The second-order valence-electron chi connectivity index (χ2n) is 2.24. The van der Waals surface area contributed by atoms with Gasteiger partial charge < -0.3 is 0 Å². The van der Waals surface area contributed by atoms with E-state index < -0.39 is 0 Å².